The molecule has 1 rings (SSSR count). The molecule has 1 unspecified atom stereocenters. The average Bonchev–Trinajstić information content (AvgIpc) is 2.57. The second kappa shape index (κ2) is 9.12. The maximum atomic E-state index is 12.1. The smallest absolute Gasteiger partial charge is 0.306 e. The third-order valence-corrected chi connectivity index (χ3v) is 5.32. The lowest BCUT2D eigenvalue weighted by Crippen LogP contribution is -2.42. The quantitative estimate of drug-likeness (QED) is 0.645. The largest absolute Gasteiger partial charge is 0.469 e. The van der Waals surface area contributed by atoms with Crippen LogP contribution in [0.2, 0.25) is 0 Å². The lowest BCUT2D eigenvalue weighted by atomic mass is 9.99. The summed E-state index contributed by atoms with van der Waals surface area (Å²) in [6.07, 6.45) is -0.00335. The minimum atomic E-state index is -3.69. The molecule has 0 saturated carbocycles. The molecule has 0 aromatic heterocycles. The lowest BCUT2D eigenvalue weighted by molar-refractivity contribution is -0.140. The van der Waals surface area contributed by atoms with Gasteiger partial charge in [0.2, 0.25) is 0 Å². The summed E-state index contributed by atoms with van der Waals surface area (Å²) in [5.74, 6) is -0.0313. The molecule has 0 bridgehead atoms. The minimum absolute atomic E-state index is 0.00335. The lowest BCUT2D eigenvalue weighted by Gasteiger charge is -2.19. The zero-order chi connectivity index (χ0) is 18.3. The molecule has 3 N–H and O–H groups in total. The van der Waals surface area contributed by atoms with Gasteiger partial charge in [-0.1, -0.05) is 38.1 Å². The number of hydrogen-bond donors (Lipinski definition) is 2. The van der Waals surface area contributed by atoms with E-state index in [2.05, 4.69) is 23.3 Å². The van der Waals surface area contributed by atoms with E-state index < -0.39 is 22.2 Å². The summed E-state index contributed by atoms with van der Waals surface area (Å²) in [7, 11) is -1.03. The van der Waals surface area contributed by atoms with Crippen LogP contribution in [0.25, 0.3) is 0 Å². The van der Waals surface area contributed by atoms with Gasteiger partial charge in [0, 0.05) is 26.2 Å². The van der Waals surface area contributed by atoms with E-state index in [0.29, 0.717) is 5.92 Å². The van der Waals surface area contributed by atoms with Gasteiger partial charge >= 0.3 is 5.97 Å². The van der Waals surface area contributed by atoms with E-state index in [9.17, 15) is 13.2 Å². The van der Waals surface area contributed by atoms with Gasteiger partial charge in [-0.25, -0.2) is 4.72 Å². The van der Waals surface area contributed by atoms with Gasteiger partial charge in [-0.3, -0.25) is 4.79 Å². The molecule has 0 aliphatic carbocycles. The van der Waals surface area contributed by atoms with Crippen molar-refractivity contribution in [1.29, 1.82) is 0 Å². The number of benzene rings is 1. The second-order valence-corrected chi connectivity index (χ2v) is 7.79. The van der Waals surface area contributed by atoms with Crippen molar-refractivity contribution in [3.8, 4) is 0 Å². The monoisotopic (exact) mass is 357 g/mol. The maximum Gasteiger partial charge on any atom is 0.306 e. The number of ether oxygens (including phenoxy) is 1. The molecule has 0 aliphatic heterocycles. The Morgan fingerprint density at radius 1 is 1.25 bits per heavy atom. The Balaban J connectivity index is 2.58. The predicted octanol–water partition coefficient (Wildman–Crippen LogP) is 1.14. The fraction of sp³-hybridized carbons (Fsp3) is 0.562. The number of nitrogens with two attached hydrogens (primary N) is 1. The molecule has 1 aromatic rings. The number of esters is 1. The molecule has 1 atom stereocenters. The molecular weight excluding hydrogens is 330 g/mol. The van der Waals surface area contributed by atoms with Crippen LogP contribution in [0.1, 0.15) is 43.4 Å². The summed E-state index contributed by atoms with van der Waals surface area (Å²) in [5, 5.41) is 0. The molecule has 0 aliphatic rings. The van der Waals surface area contributed by atoms with Crippen molar-refractivity contribution in [3.05, 3.63) is 35.4 Å². The third kappa shape index (κ3) is 6.20. The van der Waals surface area contributed by atoms with Gasteiger partial charge < -0.3 is 10.5 Å². The third-order valence-electron chi connectivity index (χ3n) is 3.79. The Morgan fingerprint density at radius 3 is 2.29 bits per heavy atom. The highest BCUT2D eigenvalue weighted by molar-refractivity contribution is 7.87. The van der Waals surface area contributed by atoms with Crippen LogP contribution in [0.5, 0.6) is 0 Å². The maximum absolute atomic E-state index is 12.1. The molecule has 0 fully saturated rings. The second-order valence-electron chi connectivity index (χ2n) is 5.93. The Hall–Kier alpha value is -1.48. The molecule has 0 saturated heterocycles. The first-order valence-electron chi connectivity index (χ1n) is 7.80. The molecule has 8 heteroatoms. The average molecular weight is 357 g/mol. The van der Waals surface area contributed by atoms with Gasteiger partial charge in [0.1, 0.15) is 0 Å². The van der Waals surface area contributed by atoms with Crippen molar-refractivity contribution < 1.29 is 17.9 Å². The summed E-state index contributed by atoms with van der Waals surface area (Å²) < 4.78 is 32.3. The molecular formula is C16H27N3O4S. The molecule has 0 heterocycles. The van der Waals surface area contributed by atoms with Crippen molar-refractivity contribution in [1.82, 2.24) is 9.03 Å². The first-order valence-corrected chi connectivity index (χ1v) is 9.24. The Kier molecular flexibility index (Phi) is 7.82. The van der Waals surface area contributed by atoms with Gasteiger partial charge in [0.15, 0.2) is 0 Å². The topological polar surface area (TPSA) is 102 Å². The number of methoxy groups -OCH3 is 1. The van der Waals surface area contributed by atoms with Crippen LogP contribution in [0.4, 0.5) is 0 Å². The van der Waals surface area contributed by atoms with E-state index >= 15 is 0 Å². The van der Waals surface area contributed by atoms with Crippen molar-refractivity contribution >= 4 is 16.2 Å². The predicted molar refractivity (Wildman–Crippen MR) is 93.6 cm³/mol. The van der Waals surface area contributed by atoms with Crippen LogP contribution in [0.3, 0.4) is 0 Å². The highest BCUT2D eigenvalue weighted by atomic mass is 32.2. The van der Waals surface area contributed by atoms with Gasteiger partial charge in [-0.05, 0) is 17.0 Å². The summed E-state index contributed by atoms with van der Waals surface area (Å²) >= 11 is 0. The number of nitrogens with one attached hydrogen (secondary N) is 1. The standard InChI is InChI=1S/C16H27N3O4S/c1-12(2)13-5-7-14(8-6-13)15(17)11-18-24(21,22)19(3)10-9-16(20)23-4/h5-8,12,15,18H,9-11,17H2,1-4H3. The van der Waals surface area contributed by atoms with Crippen molar-refractivity contribution in [2.75, 3.05) is 27.2 Å². The van der Waals surface area contributed by atoms with Gasteiger partial charge in [-0.15, -0.1) is 0 Å². The normalized spacial score (nSPS) is 13.3. The van der Waals surface area contributed by atoms with Crippen molar-refractivity contribution in [2.45, 2.75) is 32.2 Å². The molecule has 0 radical (unpaired) electrons. The van der Waals surface area contributed by atoms with Crippen molar-refractivity contribution in [2.24, 2.45) is 5.73 Å². The highest BCUT2D eigenvalue weighted by Crippen LogP contribution is 2.17. The summed E-state index contributed by atoms with van der Waals surface area (Å²) in [4.78, 5) is 11.1. The molecule has 136 valence electrons. The van der Waals surface area contributed by atoms with Crippen LogP contribution >= 0.6 is 0 Å². The van der Waals surface area contributed by atoms with Gasteiger partial charge in [0.25, 0.3) is 10.2 Å². The number of nitrogens with zero attached hydrogens (tertiary/aromatic N) is 1. The van der Waals surface area contributed by atoms with Gasteiger partial charge in [0.05, 0.1) is 13.5 Å². The number of carbonyl (C=O) groups is 1. The fourth-order valence-electron chi connectivity index (χ4n) is 2.02. The first-order chi connectivity index (χ1) is 11.2. The van der Waals surface area contributed by atoms with E-state index in [1.165, 1.54) is 19.7 Å². The number of rotatable bonds is 9. The van der Waals surface area contributed by atoms with E-state index in [-0.39, 0.29) is 19.5 Å². The van der Waals surface area contributed by atoms with E-state index in [1.54, 1.807) is 0 Å². The molecule has 7 nitrogen and oxygen atoms in total. The molecule has 1 aromatic carbocycles. The number of hydrogen-bond acceptors (Lipinski definition) is 5. The summed E-state index contributed by atoms with van der Waals surface area (Å²) in [6.45, 7) is 4.33. The Labute approximate surface area is 144 Å². The van der Waals surface area contributed by atoms with E-state index in [1.807, 2.05) is 24.3 Å². The minimum Gasteiger partial charge on any atom is -0.469 e. The Morgan fingerprint density at radius 2 is 1.79 bits per heavy atom. The van der Waals surface area contributed by atoms with Crippen LogP contribution < -0.4 is 10.5 Å². The van der Waals surface area contributed by atoms with E-state index in [0.717, 1.165) is 9.87 Å². The highest BCUT2D eigenvalue weighted by Gasteiger charge is 2.19. The molecule has 0 amide bonds. The van der Waals surface area contributed by atoms with E-state index in [4.69, 9.17) is 5.73 Å². The Bertz CT molecular complexity index is 629. The van der Waals surface area contributed by atoms with Crippen LogP contribution in [0.15, 0.2) is 24.3 Å². The zero-order valence-electron chi connectivity index (χ0n) is 14.7. The first kappa shape index (κ1) is 20.6. The van der Waals surface area contributed by atoms with Crippen LogP contribution in [-0.2, 0) is 19.7 Å². The van der Waals surface area contributed by atoms with Crippen LogP contribution in [-0.4, -0.2) is 45.9 Å². The zero-order valence-corrected chi connectivity index (χ0v) is 15.5. The SMILES string of the molecule is COC(=O)CCN(C)S(=O)(=O)NCC(N)c1ccc(C(C)C)cc1. The fourth-order valence-corrected chi connectivity index (χ4v) is 2.96. The van der Waals surface area contributed by atoms with Gasteiger partial charge in [-0.2, -0.15) is 12.7 Å². The van der Waals surface area contributed by atoms with Crippen molar-refractivity contribution in [3.63, 3.8) is 0 Å². The number of carbonyl (C=O) groups excluding carboxylic acids is 1. The molecule has 24 heavy (non-hydrogen) atoms. The summed E-state index contributed by atoms with van der Waals surface area (Å²) in [5.41, 5.74) is 8.12. The molecule has 0 spiro atoms. The summed E-state index contributed by atoms with van der Waals surface area (Å²) in [6, 6.07) is 7.37. The van der Waals surface area contributed by atoms with Crippen LogP contribution in [0, 0.1) is 0 Å².